The van der Waals surface area contributed by atoms with E-state index in [1.807, 2.05) is 25.9 Å². The second kappa shape index (κ2) is 18.3. The summed E-state index contributed by atoms with van der Waals surface area (Å²) in [5, 5.41) is 6.64. The Morgan fingerprint density at radius 3 is 2.41 bits per heavy atom. The molecule has 0 aromatic rings. The van der Waals surface area contributed by atoms with Crippen LogP contribution < -0.4 is 5.32 Å². The molecule has 0 aromatic carbocycles. The molecular formula is C34H57N6O10P. The molecule has 0 bridgehead atoms. The lowest BCUT2D eigenvalue weighted by Gasteiger charge is -2.45. The summed E-state index contributed by atoms with van der Waals surface area (Å²) >= 11 is 0. The number of hydrogen-bond acceptors (Lipinski definition) is 12. The van der Waals surface area contributed by atoms with Crippen molar-refractivity contribution in [3.8, 4) is 0 Å². The van der Waals surface area contributed by atoms with Crippen molar-refractivity contribution in [1.82, 2.24) is 15.1 Å². The van der Waals surface area contributed by atoms with Crippen LogP contribution in [0.4, 0.5) is 4.79 Å². The van der Waals surface area contributed by atoms with E-state index in [2.05, 4.69) is 15.3 Å². The van der Waals surface area contributed by atoms with Crippen LogP contribution in [0.25, 0.3) is 10.4 Å². The molecule has 3 fully saturated rings. The lowest BCUT2D eigenvalue weighted by atomic mass is 9.83. The Labute approximate surface area is 302 Å². The van der Waals surface area contributed by atoms with E-state index in [9.17, 15) is 23.7 Å². The molecule has 12 atom stereocenters. The van der Waals surface area contributed by atoms with E-state index in [-0.39, 0.29) is 58.9 Å². The predicted octanol–water partition coefficient (Wildman–Crippen LogP) is 4.63. The number of nitrogens with zero attached hydrogens (tertiary/aromatic N) is 5. The summed E-state index contributed by atoms with van der Waals surface area (Å²) in [7, 11) is 5.06. The molecule has 0 spiro atoms. The van der Waals surface area contributed by atoms with Gasteiger partial charge in [-0.05, 0) is 86.3 Å². The Morgan fingerprint density at radius 2 is 1.82 bits per heavy atom. The number of carbonyl (C=O) groups excluding carboxylic acids is 4. The maximum atomic E-state index is 14.0. The van der Waals surface area contributed by atoms with Crippen LogP contribution in [-0.2, 0) is 42.6 Å². The molecule has 17 heteroatoms. The summed E-state index contributed by atoms with van der Waals surface area (Å²) in [6, 6.07) is -1.56. The maximum Gasteiger partial charge on any atom is 0.410 e. The maximum absolute atomic E-state index is 14.0. The summed E-state index contributed by atoms with van der Waals surface area (Å²) in [6.07, 6.45) is -2.09. The summed E-state index contributed by atoms with van der Waals surface area (Å²) in [5.41, 5.74) is 5.43. The van der Waals surface area contributed by atoms with E-state index in [0.717, 1.165) is 0 Å². The summed E-state index contributed by atoms with van der Waals surface area (Å²) in [5.74, 6) is -3.51. The number of unbranched alkanes of at least 4 members (excludes halogenated alkanes) is 1. The van der Waals surface area contributed by atoms with Crippen molar-refractivity contribution in [2.45, 2.75) is 147 Å². The largest absolute Gasteiger partial charge is 0.458 e. The van der Waals surface area contributed by atoms with Crippen LogP contribution in [0.3, 0.4) is 0 Å². The van der Waals surface area contributed by atoms with Gasteiger partial charge in [0, 0.05) is 43.5 Å². The third kappa shape index (κ3) is 9.77. The zero-order valence-corrected chi connectivity index (χ0v) is 32.6. The molecule has 3 heterocycles. The Morgan fingerprint density at radius 1 is 1.14 bits per heavy atom. The van der Waals surface area contributed by atoms with Gasteiger partial charge in [-0.15, -0.1) is 0 Å². The number of carbonyl (C=O) groups is 4. The van der Waals surface area contributed by atoms with Gasteiger partial charge in [0.05, 0.1) is 29.9 Å². The lowest BCUT2D eigenvalue weighted by molar-refractivity contribution is -0.252. The predicted molar refractivity (Wildman–Crippen MR) is 187 cm³/mol. The van der Waals surface area contributed by atoms with Crippen molar-refractivity contribution >= 4 is 32.2 Å². The highest BCUT2D eigenvalue weighted by Crippen LogP contribution is 2.40. The number of fused-ring (bicyclic) bond motifs is 1. The third-order valence-corrected chi connectivity index (χ3v) is 11.6. The van der Waals surface area contributed by atoms with Gasteiger partial charge in [-0.25, -0.2) is 4.79 Å². The molecule has 3 aliphatic heterocycles. The van der Waals surface area contributed by atoms with Crippen LogP contribution in [0.1, 0.15) is 87.0 Å². The van der Waals surface area contributed by atoms with Crippen molar-refractivity contribution in [3.05, 3.63) is 10.4 Å². The normalized spacial score (nSPS) is 38.6. The van der Waals surface area contributed by atoms with Gasteiger partial charge in [0.2, 0.25) is 5.91 Å². The molecule has 16 nitrogen and oxygen atoms in total. The minimum atomic E-state index is -1.39. The van der Waals surface area contributed by atoms with E-state index in [0.29, 0.717) is 19.3 Å². The molecule has 1 N–H and O–H groups in total. The van der Waals surface area contributed by atoms with Crippen molar-refractivity contribution in [3.63, 3.8) is 0 Å². The van der Waals surface area contributed by atoms with Crippen LogP contribution in [0.15, 0.2) is 5.11 Å². The standard InChI is InChI=1S/C34H57N6O10P/c1-11-25-34(7)28(40(32(44)50-34)15-13-12-14-36-38-35)22(5)37-29(42)19(2)18-33(6,46-10)26(17-24(41)21(4)30(43)48-25)49-31-27(51-45)23(39(8)9)16-20(3)47-31/h19-23,25-28,31H,11-18H2,1-10H3,(H,37,42)/t19-,20?,21-,22-,23?,25-,26-,27?,28-,31+,33-,34-/m1/s1. The average molecular weight is 741 g/mol. The molecule has 3 rings (SSSR count). The molecule has 2 amide bonds. The fraction of sp³-hybridized carbons (Fsp3) is 0.882. The number of ether oxygens (including phenoxy) is 5. The van der Waals surface area contributed by atoms with Gasteiger partial charge >= 0.3 is 12.1 Å². The van der Waals surface area contributed by atoms with Gasteiger partial charge < -0.3 is 33.9 Å². The van der Waals surface area contributed by atoms with E-state index < -0.39 is 77.1 Å². The van der Waals surface area contributed by atoms with E-state index >= 15 is 0 Å². The van der Waals surface area contributed by atoms with Crippen molar-refractivity contribution in [2.24, 2.45) is 17.0 Å². The van der Waals surface area contributed by atoms with Crippen LogP contribution in [0.5, 0.6) is 0 Å². The van der Waals surface area contributed by atoms with Crippen molar-refractivity contribution in [2.75, 3.05) is 34.3 Å². The van der Waals surface area contributed by atoms with Crippen molar-refractivity contribution < 1.29 is 47.4 Å². The number of hydrogen-bond donors (Lipinski definition) is 1. The van der Waals surface area contributed by atoms with E-state index in [4.69, 9.17) is 29.2 Å². The van der Waals surface area contributed by atoms with Gasteiger partial charge in [-0.2, -0.15) is 0 Å². The molecule has 3 aliphatic rings. The van der Waals surface area contributed by atoms with E-state index in [1.165, 1.54) is 18.9 Å². The molecule has 0 saturated carbocycles. The monoisotopic (exact) mass is 740 g/mol. The van der Waals surface area contributed by atoms with Crippen LogP contribution >= 0.6 is 8.46 Å². The average Bonchev–Trinajstić information content (AvgIpc) is 3.34. The number of Topliss-reactive ketones (excluding diaryl/α,β-unsaturated/α-hetero) is 1. The van der Waals surface area contributed by atoms with Gasteiger partial charge in [0.1, 0.15) is 23.5 Å². The SMILES string of the molecule is CC[C@H]1OC(=O)[C@H](C)C(=O)C[C@@H](O[C@@H]2OC(C)CC(N(C)C)C2P=O)[C@](C)(OC)C[C@@H](C)C(=O)N[C@H](C)[C@H]2N(CCCCN=[N+]=[N-])C(=O)O[C@]12C. The zero-order valence-electron chi connectivity index (χ0n) is 31.7. The van der Waals surface area contributed by atoms with Crippen molar-refractivity contribution in [1.29, 1.82) is 0 Å². The molecule has 288 valence electrons. The molecule has 0 radical (unpaired) electrons. The minimum Gasteiger partial charge on any atom is -0.458 e. The second-order valence-electron chi connectivity index (χ2n) is 14.8. The Kier molecular flexibility index (Phi) is 15.2. The van der Waals surface area contributed by atoms with Crippen LogP contribution in [-0.4, -0.2) is 127 Å². The van der Waals surface area contributed by atoms with Gasteiger partial charge in [-0.1, -0.05) is 19.0 Å². The van der Waals surface area contributed by atoms with Crippen LogP contribution in [0, 0.1) is 11.8 Å². The first-order valence-corrected chi connectivity index (χ1v) is 18.7. The number of esters is 1. The number of ketones is 1. The summed E-state index contributed by atoms with van der Waals surface area (Å²) in [6.45, 7) is 12.6. The molecule has 3 saturated heterocycles. The molecule has 3 unspecified atom stereocenters. The number of cyclic esters (lactones) is 1. The molecular weight excluding hydrogens is 683 g/mol. The van der Waals surface area contributed by atoms with E-state index in [1.54, 1.807) is 34.6 Å². The smallest absolute Gasteiger partial charge is 0.410 e. The molecule has 51 heavy (non-hydrogen) atoms. The number of methoxy groups -OCH3 is 1. The fourth-order valence-electron chi connectivity index (χ4n) is 7.67. The Bertz CT molecular complexity index is 1320. The number of azide groups is 1. The lowest BCUT2D eigenvalue weighted by Crippen LogP contribution is -2.61. The van der Waals surface area contributed by atoms with Gasteiger partial charge in [0.25, 0.3) is 0 Å². The minimum absolute atomic E-state index is 0.107. The fourth-order valence-corrected chi connectivity index (χ4v) is 8.44. The first-order chi connectivity index (χ1) is 24.0. The van der Waals surface area contributed by atoms with Gasteiger partial charge in [-0.3, -0.25) is 23.8 Å². The Hall–Kier alpha value is -2.87. The zero-order chi connectivity index (χ0) is 38.3. The molecule has 0 aliphatic carbocycles. The van der Waals surface area contributed by atoms with Crippen LogP contribution in [0.2, 0.25) is 0 Å². The topological polar surface area (TPSA) is 199 Å². The molecule has 0 aromatic heterocycles. The highest BCUT2D eigenvalue weighted by atomic mass is 31.1. The number of nitrogens with one attached hydrogen (secondary N) is 1. The highest BCUT2D eigenvalue weighted by molar-refractivity contribution is 7.25. The highest BCUT2D eigenvalue weighted by Gasteiger charge is 2.59. The van der Waals surface area contributed by atoms with Gasteiger partial charge in [0.15, 0.2) is 20.4 Å². The quantitative estimate of drug-likeness (QED) is 0.0589. The summed E-state index contributed by atoms with van der Waals surface area (Å²) in [4.78, 5) is 61.3. The Balaban J connectivity index is 2.04. The summed E-state index contributed by atoms with van der Waals surface area (Å²) < 4.78 is 43.3. The second-order valence-corrected chi connectivity index (χ2v) is 15.6. The first-order valence-electron chi connectivity index (χ1n) is 17.9. The third-order valence-electron chi connectivity index (χ3n) is 10.8. The number of rotatable bonds is 11. The number of amides is 2. The first kappa shape index (κ1) is 42.5.